The van der Waals surface area contributed by atoms with E-state index in [-0.39, 0.29) is 36.6 Å². The van der Waals surface area contributed by atoms with Crippen LogP contribution in [-0.4, -0.2) is 65.0 Å². The van der Waals surface area contributed by atoms with Gasteiger partial charge in [-0.2, -0.15) is 0 Å². The van der Waals surface area contributed by atoms with Crippen molar-refractivity contribution in [2.45, 2.75) is 55.2 Å². The predicted octanol–water partition coefficient (Wildman–Crippen LogP) is 1.69. The number of ether oxygens (including phenoxy) is 2. The van der Waals surface area contributed by atoms with Gasteiger partial charge in [-0.3, -0.25) is 9.59 Å². The standard InChI is InChI=1S/C22H34N2O6S/c1-17-15-18(16-20(17)31(27,28)19-7-4-3-5-8-19)24-22(26)9-6-11-23-21(25)10-12-30-14-13-29-2/h3-5,7-8,17-18,20H,6,9-16H2,1-2H3,(H,23,25)(H,24,26)/t17-,18+,20?/m1/s1. The summed E-state index contributed by atoms with van der Waals surface area (Å²) in [6.07, 6.45) is 2.14. The highest BCUT2D eigenvalue weighted by molar-refractivity contribution is 7.92. The third-order valence-corrected chi connectivity index (χ3v) is 7.83. The van der Waals surface area contributed by atoms with Gasteiger partial charge in [-0.1, -0.05) is 25.1 Å². The highest BCUT2D eigenvalue weighted by Crippen LogP contribution is 2.34. The molecule has 2 rings (SSSR count). The van der Waals surface area contributed by atoms with Crippen molar-refractivity contribution in [3.63, 3.8) is 0 Å². The van der Waals surface area contributed by atoms with Gasteiger partial charge in [-0.25, -0.2) is 8.42 Å². The maximum Gasteiger partial charge on any atom is 0.222 e. The van der Waals surface area contributed by atoms with Crippen molar-refractivity contribution < 1.29 is 27.5 Å². The van der Waals surface area contributed by atoms with Crippen LogP contribution in [0.4, 0.5) is 0 Å². The molecule has 1 aliphatic rings. The molecule has 0 bridgehead atoms. The molecule has 31 heavy (non-hydrogen) atoms. The van der Waals surface area contributed by atoms with Crippen LogP contribution in [0.2, 0.25) is 0 Å². The van der Waals surface area contributed by atoms with Gasteiger partial charge in [0.15, 0.2) is 9.84 Å². The third-order valence-electron chi connectivity index (χ3n) is 5.45. The first-order chi connectivity index (χ1) is 14.8. The number of benzene rings is 1. The molecule has 1 unspecified atom stereocenters. The van der Waals surface area contributed by atoms with E-state index < -0.39 is 15.1 Å². The summed E-state index contributed by atoms with van der Waals surface area (Å²) in [4.78, 5) is 24.3. The number of sulfone groups is 1. The van der Waals surface area contributed by atoms with E-state index in [4.69, 9.17) is 9.47 Å². The molecule has 1 aromatic carbocycles. The van der Waals surface area contributed by atoms with Crippen LogP contribution in [-0.2, 0) is 28.9 Å². The van der Waals surface area contributed by atoms with Gasteiger partial charge in [0, 0.05) is 32.5 Å². The lowest BCUT2D eigenvalue weighted by molar-refractivity contribution is -0.123. The topological polar surface area (TPSA) is 111 Å². The summed E-state index contributed by atoms with van der Waals surface area (Å²) in [5.74, 6) is -0.260. The second-order valence-electron chi connectivity index (χ2n) is 7.92. The van der Waals surface area contributed by atoms with E-state index in [2.05, 4.69) is 10.6 Å². The first-order valence-corrected chi connectivity index (χ1v) is 12.3. The Kier molecular flexibility index (Phi) is 10.4. The number of carbonyl (C=O) groups excluding carboxylic acids is 2. The monoisotopic (exact) mass is 454 g/mol. The second-order valence-corrected chi connectivity index (χ2v) is 10.1. The van der Waals surface area contributed by atoms with Gasteiger partial charge in [0.2, 0.25) is 11.8 Å². The van der Waals surface area contributed by atoms with Crippen LogP contribution in [0.15, 0.2) is 35.2 Å². The SMILES string of the molecule is COCCOCCC(=O)NCCCC(=O)N[C@@H]1CC(S(=O)(=O)c2ccccc2)[C@H](C)C1. The predicted molar refractivity (Wildman–Crippen MR) is 117 cm³/mol. The fourth-order valence-electron chi connectivity index (χ4n) is 3.82. The summed E-state index contributed by atoms with van der Waals surface area (Å²) in [7, 11) is -1.83. The minimum Gasteiger partial charge on any atom is -0.382 e. The lowest BCUT2D eigenvalue weighted by Gasteiger charge is -2.16. The van der Waals surface area contributed by atoms with E-state index in [1.165, 1.54) is 0 Å². The molecule has 2 amide bonds. The number of methoxy groups -OCH3 is 1. The zero-order valence-corrected chi connectivity index (χ0v) is 19.2. The molecule has 1 saturated carbocycles. The molecule has 0 heterocycles. The first kappa shape index (κ1) is 25.3. The van der Waals surface area contributed by atoms with E-state index in [0.29, 0.717) is 50.5 Å². The van der Waals surface area contributed by atoms with Gasteiger partial charge < -0.3 is 20.1 Å². The summed E-state index contributed by atoms with van der Waals surface area (Å²) in [6, 6.07) is 8.32. The van der Waals surface area contributed by atoms with Crippen LogP contribution >= 0.6 is 0 Å². The molecular formula is C22H34N2O6S. The first-order valence-electron chi connectivity index (χ1n) is 10.8. The normalized spacial score (nSPS) is 21.0. The van der Waals surface area contributed by atoms with Crippen LogP contribution < -0.4 is 10.6 Å². The quantitative estimate of drug-likeness (QED) is 0.439. The Morgan fingerprint density at radius 1 is 1.03 bits per heavy atom. The fraction of sp³-hybridized carbons (Fsp3) is 0.636. The molecule has 0 aromatic heterocycles. The number of hydrogen-bond donors (Lipinski definition) is 2. The number of hydrogen-bond acceptors (Lipinski definition) is 6. The summed E-state index contributed by atoms with van der Waals surface area (Å²) < 4.78 is 35.9. The fourth-order valence-corrected chi connectivity index (χ4v) is 5.91. The Morgan fingerprint density at radius 3 is 2.48 bits per heavy atom. The zero-order chi connectivity index (χ0) is 22.7. The van der Waals surface area contributed by atoms with Crippen molar-refractivity contribution in [1.29, 1.82) is 0 Å². The Hall–Kier alpha value is -1.97. The van der Waals surface area contributed by atoms with E-state index in [9.17, 15) is 18.0 Å². The van der Waals surface area contributed by atoms with Crippen molar-refractivity contribution in [2.75, 3.05) is 33.5 Å². The molecule has 0 spiro atoms. The maximum absolute atomic E-state index is 12.9. The molecule has 9 heteroatoms. The molecule has 3 atom stereocenters. The summed E-state index contributed by atoms with van der Waals surface area (Å²) in [5.41, 5.74) is 0. The highest BCUT2D eigenvalue weighted by atomic mass is 32.2. The molecule has 1 fully saturated rings. The van der Waals surface area contributed by atoms with Crippen molar-refractivity contribution in [1.82, 2.24) is 10.6 Å². The molecule has 1 aliphatic carbocycles. The maximum atomic E-state index is 12.9. The van der Waals surface area contributed by atoms with E-state index in [1.807, 2.05) is 6.92 Å². The molecule has 174 valence electrons. The summed E-state index contributed by atoms with van der Waals surface area (Å²) >= 11 is 0. The molecular weight excluding hydrogens is 420 g/mol. The van der Waals surface area contributed by atoms with Crippen LogP contribution in [0.5, 0.6) is 0 Å². The Balaban J connectivity index is 1.66. The third kappa shape index (κ3) is 8.23. The van der Waals surface area contributed by atoms with Crippen LogP contribution in [0, 0.1) is 5.92 Å². The van der Waals surface area contributed by atoms with Crippen molar-refractivity contribution in [3.8, 4) is 0 Å². The molecule has 0 saturated heterocycles. The molecule has 0 aliphatic heterocycles. The summed E-state index contributed by atoms with van der Waals surface area (Å²) in [6.45, 7) is 3.62. The Bertz CT molecular complexity index is 799. The number of nitrogens with one attached hydrogen (secondary N) is 2. The molecule has 0 radical (unpaired) electrons. The van der Waals surface area contributed by atoms with Gasteiger partial charge >= 0.3 is 0 Å². The van der Waals surface area contributed by atoms with Gasteiger partial charge in [0.25, 0.3) is 0 Å². The number of rotatable bonds is 13. The average Bonchev–Trinajstić information content (AvgIpc) is 3.12. The van der Waals surface area contributed by atoms with Crippen molar-refractivity contribution in [3.05, 3.63) is 30.3 Å². The van der Waals surface area contributed by atoms with Gasteiger partial charge in [-0.05, 0) is 37.3 Å². The average molecular weight is 455 g/mol. The minimum atomic E-state index is -3.42. The van der Waals surface area contributed by atoms with Crippen LogP contribution in [0.1, 0.15) is 39.0 Å². The largest absolute Gasteiger partial charge is 0.382 e. The van der Waals surface area contributed by atoms with Gasteiger partial charge in [0.05, 0.1) is 30.0 Å². The molecule has 2 N–H and O–H groups in total. The Labute approximate surface area is 185 Å². The highest BCUT2D eigenvalue weighted by Gasteiger charge is 2.40. The molecule has 8 nitrogen and oxygen atoms in total. The summed E-state index contributed by atoms with van der Waals surface area (Å²) in [5, 5.41) is 5.23. The van der Waals surface area contributed by atoms with Gasteiger partial charge in [-0.15, -0.1) is 0 Å². The number of carbonyl (C=O) groups is 2. The van der Waals surface area contributed by atoms with Crippen LogP contribution in [0.25, 0.3) is 0 Å². The van der Waals surface area contributed by atoms with Crippen molar-refractivity contribution >= 4 is 21.7 Å². The van der Waals surface area contributed by atoms with E-state index in [1.54, 1.807) is 37.4 Å². The lowest BCUT2D eigenvalue weighted by atomic mass is 10.1. The van der Waals surface area contributed by atoms with E-state index in [0.717, 1.165) is 0 Å². The second kappa shape index (κ2) is 12.8. The zero-order valence-electron chi connectivity index (χ0n) is 18.3. The van der Waals surface area contributed by atoms with Crippen LogP contribution in [0.3, 0.4) is 0 Å². The van der Waals surface area contributed by atoms with Crippen molar-refractivity contribution in [2.24, 2.45) is 5.92 Å². The number of amides is 2. The lowest BCUT2D eigenvalue weighted by Crippen LogP contribution is -2.34. The smallest absolute Gasteiger partial charge is 0.222 e. The minimum absolute atomic E-state index is 0.0269. The van der Waals surface area contributed by atoms with E-state index >= 15 is 0 Å². The Morgan fingerprint density at radius 2 is 1.77 bits per heavy atom. The molecule has 1 aromatic rings. The van der Waals surface area contributed by atoms with Gasteiger partial charge in [0.1, 0.15) is 0 Å².